The number of furan rings is 1. The average Bonchev–Trinajstić information content (AvgIpc) is 3.00. The van der Waals surface area contributed by atoms with E-state index in [1.165, 1.54) is 0 Å². The van der Waals surface area contributed by atoms with Gasteiger partial charge in [-0.15, -0.1) is 0 Å². The first kappa shape index (κ1) is 20.1. The summed E-state index contributed by atoms with van der Waals surface area (Å²) in [4.78, 5) is 15.1. The number of nitrogens with zero attached hydrogens (tertiary/aromatic N) is 1. The first-order chi connectivity index (χ1) is 14.1. The summed E-state index contributed by atoms with van der Waals surface area (Å²) >= 11 is 6.32. The van der Waals surface area contributed by atoms with Gasteiger partial charge in [-0.1, -0.05) is 11.6 Å². The van der Waals surface area contributed by atoms with Gasteiger partial charge in [0.1, 0.15) is 11.5 Å². The number of carbonyl (C=O) groups is 1. The normalized spacial score (nSPS) is 18.1. The summed E-state index contributed by atoms with van der Waals surface area (Å²) in [6.07, 6.45) is 0.774. The van der Waals surface area contributed by atoms with Crippen LogP contribution in [0.5, 0.6) is 11.5 Å². The lowest BCUT2D eigenvalue weighted by atomic mass is 10.1. The van der Waals surface area contributed by atoms with Gasteiger partial charge >= 0.3 is 0 Å². The number of amides is 1. The van der Waals surface area contributed by atoms with E-state index in [0.29, 0.717) is 55.1 Å². The fraction of sp³-hybridized carbons (Fsp3) is 0.476. The highest BCUT2D eigenvalue weighted by Crippen LogP contribution is 2.38. The number of benzene rings is 1. The largest absolute Gasteiger partial charge is 0.489 e. The van der Waals surface area contributed by atoms with Crippen LogP contribution in [0.1, 0.15) is 34.3 Å². The fourth-order valence-corrected chi connectivity index (χ4v) is 3.85. The quantitative estimate of drug-likeness (QED) is 0.800. The molecule has 0 aliphatic carbocycles. The Morgan fingerprint density at radius 2 is 1.97 bits per heavy atom. The number of fused-ring (bicyclic) bond motifs is 1. The Bertz CT molecular complexity index is 863. The van der Waals surface area contributed by atoms with E-state index in [2.05, 4.69) is 10.2 Å². The maximum absolute atomic E-state index is 12.9. The number of aryl methyl sites for hydroxylation is 1. The van der Waals surface area contributed by atoms with E-state index in [9.17, 15) is 4.79 Å². The van der Waals surface area contributed by atoms with Gasteiger partial charge in [0.25, 0.3) is 5.91 Å². The third kappa shape index (κ3) is 4.69. The van der Waals surface area contributed by atoms with Gasteiger partial charge in [0.2, 0.25) is 0 Å². The molecule has 3 heterocycles. The second-order valence-corrected chi connectivity index (χ2v) is 7.57. The molecule has 0 spiro atoms. The Balaban J connectivity index is 1.49. The highest BCUT2D eigenvalue weighted by atomic mass is 35.5. The second kappa shape index (κ2) is 9.07. The van der Waals surface area contributed by atoms with Crippen LogP contribution in [0, 0.1) is 6.92 Å². The number of nitrogens with one attached hydrogen (secondary N) is 1. The van der Waals surface area contributed by atoms with Gasteiger partial charge in [-0.25, -0.2) is 0 Å². The summed E-state index contributed by atoms with van der Waals surface area (Å²) < 4.78 is 22.6. The van der Waals surface area contributed by atoms with Crippen molar-refractivity contribution in [3.63, 3.8) is 0 Å². The predicted molar refractivity (Wildman–Crippen MR) is 108 cm³/mol. The molecule has 1 aromatic heterocycles. The van der Waals surface area contributed by atoms with Crippen LogP contribution in [0.15, 0.2) is 28.7 Å². The van der Waals surface area contributed by atoms with Crippen LogP contribution in [0.25, 0.3) is 0 Å². The molecule has 4 rings (SSSR count). The number of rotatable bonds is 5. The van der Waals surface area contributed by atoms with Gasteiger partial charge in [-0.2, -0.15) is 0 Å². The Kier molecular flexibility index (Phi) is 6.28. The van der Waals surface area contributed by atoms with Crippen molar-refractivity contribution >= 4 is 17.5 Å². The summed E-state index contributed by atoms with van der Waals surface area (Å²) in [6.45, 7) is 6.32. The molecule has 1 atom stereocenters. The van der Waals surface area contributed by atoms with E-state index < -0.39 is 0 Å². The zero-order valence-corrected chi connectivity index (χ0v) is 17.2. The van der Waals surface area contributed by atoms with Crippen molar-refractivity contribution in [2.24, 2.45) is 0 Å². The number of halogens is 1. The van der Waals surface area contributed by atoms with E-state index in [-0.39, 0.29) is 11.9 Å². The highest BCUT2D eigenvalue weighted by molar-refractivity contribution is 6.32. The van der Waals surface area contributed by atoms with Gasteiger partial charge in [-0.05, 0) is 31.2 Å². The number of hydrogen-bond acceptors (Lipinski definition) is 6. The third-order valence-electron chi connectivity index (χ3n) is 5.10. The molecule has 0 bridgehead atoms. The van der Waals surface area contributed by atoms with Crippen LogP contribution in [-0.2, 0) is 4.74 Å². The summed E-state index contributed by atoms with van der Waals surface area (Å²) in [5.41, 5.74) is 0.440. The smallest absolute Gasteiger partial charge is 0.251 e. The van der Waals surface area contributed by atoms with Crippen LogP contribution in [0.3, 0.4) is 0 Å². The number of ether oxygens (including phenoxy) is 3. The summed E-state index contributed by atoms with van der Waals surface area (Å²) in [5.74, 6) is 2.47. The van der Waals surface area contributed by atoms with Crippen LogP contribution >= 0.6 is 11.6 Å². The van der Waals surface area contributed by atoms with Gasteiger partial charge in [0, 0.05) is 31.6 Å². The molecule has 2 aliphatic rings. The molecule has 2 aromatic rings. The molecule has 1 saturated heterocycles. The lowest BCUT2D eigenvalue weighted by Crippen LogP contribution is -2.43. The summed E-state index contributed by atoms with van der Waals surface area (Å²) in [7, 11) is 0. The van der Waals surface area contributed by atoms with Crippen LogP contribution in [-0.4, -0.2) is 56.9 Å². The van der Waals surface area contributed by atoms with E-state index in [1.807, 2.05) is 19.1 Å². The minimum atomic E-state index is -0.218. The molecule has 1 fully saturated rings. The van der Waals surface area contributed by atoms with Gasteiger partial charge in [-0.3, -0.25) is 9.69 Å². The molecular formula is C21H25ClN2O5. The lowest BCUT2D eigenvalue weighted by Gasteiger charge is -2.33. The molecule has 29 heavy (non-hydrogen) atoms. The summed E-state index contributed by atoms with van der Waals surface area (Å²) in [5, 5.41) is 3.39. The Labute approximate surface area is 174 Å². The maximum atomic E-state index is 12.9. The summed E-state index contributed by atoms with van der Waals surface area (Å²) in [6, 6.07) is 7.14. The van der Waals surface area contributed by atoms with Gasteiger partial charge in [0.05, 0.1) is 37.5 Å². The van der Waals surface area contributed by atoms with Crippen molar-refractivity contribution in [3.8, 4) is 11.5 Å². The van der Waals surface area contributed by atoms with Gasteiger partial charge < -0.3 is 23.9 Å². The minimum absolute atomic E-state index is 0.0626. The minimum Gasteiger partial charge on any atom is -0.489 e. The van der Waals surface area contributed by atoms with Crippen molar-refractivity contribution in [3.05, 3.63) is 46.4 Å². The molecule has 1 amide bonds. The zero-order valence-electron chi connectivity index (χ0n) is 16.4. The Hall–Kier alpha value is -2.22. The van der Waals surface area contributed by atoms with E-state index in [1.54, 1.807) is 12.1 Å². The molecule has 8 heteroatoms. The van der Waals surface area contributed by atoms with E-state index in [4.69, 9.17) is 30.2 Å². The zero-order chi connectivity index (χ0) is 20.2. The Morgan fingerprint density at radius 1 is 1.17 bits per heavy atom. The fourth-order valence-electron chi connectivity index (χ4n) is 3.58. The van der Waals surface area contributed by atoms with Crippen molar-refractivity contribution in [2.45, 2.75) is 19.4 Å². The third-order valence-corrected chi connectivity index (χ3v) is 5.38. The number of carbonyl (C=O) groups excluding carboxylic acids is 1. The highest BCUT2D eigenvalue weighted by Gasteiger charge is 2.26. The molecule has 156 valence electrons. The molecule has 1 N–H and O–H groups in total. The number of hydrogen-bond donors (Lipinski definition) is 1. The monoisotopic (exact) mass is 420 g/mol. The molecule has 1 unspecified atom stereocenters. The topological polar surface area (TPSA) is 73.2 Å². The maximum Gasteiger partial charge on any atom is 0.251 e. The Morgan fingerprint density at radius 3 is 2.72 bits per heavy atom. The first-order valence-corrected chi connectivity index (χ1v) is 10.2. The molecule has 7 nitrogen and oxygen atoms in total. The van der Waals surface area contributed by atoms with E-state index in [0.717, 1.165) is 31.0 Å². The predicted octanol–water partition coefficient (Wildman–Crippen LogP) is 3.21. The molecule has 0 saturated carbocycles. The number of morpholine rings is 1. The van der Waals surface area contributed by atoms with Gasteiger partial charge in [0.15, 0.2) is 11.5 Å². The standard InChI is InChI=1S/C21H25ClN2O5/c1-14-3-4-18(29-14)17(24-5-9-26-10-6-24)13-23-21(25)15-11-16(22)20-19(12-15)27-7-2-8-28-20/h3-4,11-12,17H,2,5-10,13H2,1H3,(H,23,25). The lowest BCUT2D eigenvalue weighted by molar-refractivity contribution is 0.0117. The van der Waals surface area contributed by atoms with Crippen LogP contribution in [0.2, 0.25) is 5.02 Å². The second-order valence-electron chi connectivity index (χ2n) is 7.16. The van der Waals surface area contributed by atoms with Crippen molar-refractivity contribution in [2.75, 3.05) is 46.1 Å². The SMILES string of the molecule is Cc1ccc(C(CNC(=O)c2cc(Cl)c3c(c2)OCCCO3)N2CCOCC2)o1. The van der Waals surface area contributed by atoms with E-state index >= 15 is 0 Å². The van der Waals surface area contributed by atoms with Crippen molar-refractivity contribution in [1.82, 2.24) is 10.2 Å². The van der Waals surface area contributed by atoms with Crippen LogP contribution in [0.4, 0.5) is 0 Å². The van der Waals surface area contributed by atoms with Crippen molar-refractivity contribution in [1.29, 1.82) is 0 Å². The molecule has 1 aromatic carbocycles. The molecule has 0 radical (unpaired) electrons. The average molecular weight is 421 g/mol. The molecular weight excluding hydrogens is 396 g/mol. The van der Waals surface area contributed by atoms with Crippen LogP contribution < -0.4 is 14.8 Å². The first-order valence-electron chi connectivity index (χ1n) is 9.87. The van der Waals surface area contributed by atoms with Crippen molar-refractivity contribution < 1.29 is 23.4 Å². The molecule has 2 aliphatic heterocycles.